The van der Waals surface area contributed by atoms with Gasteiger partial charge in [-0.2, -0.15) is 0 Å². The SMILES string of the molecule is CCCCCCCCCCCCCCCC=CC(=O)O.N.[H-].[Na+]. The predicted octanol–water partition coefficient (Wildman–Crippen LogP) is 3.39. The first-order valence-corrected chi connectivity index (χ1v) is 8.67. The van der Waals surface area contributed by atoms with E-state index in [4.69, 9.17) is 5.11 Å². The van der Waals surface area contributed by atoms with Gasteiger partial charge in [0.25, 0.3) is 0 Å². The zero-order valence-corrected chi connectivity index (χ0v) is 17.1. The van der Waals surface area contributed by atoms with Gasteiger partial charge in [-0.15, -0.1) is 0 Å². The average molecular weight is 323 g/mol. The molecular formula is C18H38NNaO2. The van der Waals surface area contributed by atoms with E-state index in [1.165, 1.54) is 83.1 Å². The van der Waals surface area contributed by atoms with E-state index in [1.54, 1.807) is 6.08 Å². The number of carboxylic acid groups (broad SMARTS) is 1. The van der Waals surface area contributed by atoms with Crippen molar-refractivity contribution in [1.29, 1.82) is 0 Å². The molecule has 0 radical (unpaired) electrons. The molecular weight excluding hydrogens is 285 g/mol. The third-order valence-corrected chi connectivity index (χ3v) is 3.73. The first kappa shape index (κ1) is 27.0. The molecule has 0 saturated heterocycles. The zero-order valence-electron chi connectivity index (χ0n) is 16.1. The number of rotatable bonds is 15. The maximum Gasteiger partial charge on any atom is 1.00 e. The molecule has 0 unspecified atom stereocenters. The topological polar surface area (TPSA) is 72.3 Å². The number of aliphatic carboxylic acids is 1. The van der Waals surface area contributed by atoms with Crippen LogP contribution in [0.3, 0.4) is 0 Å². The van der Waals surface area contributed by atoms with Crippen molar-refractivity contribution in [2.45, 2.75) is 96.8 Å². The molecule has 0 aliphatic rings. The molecule has 3 nitrogen and oxygen atoms in total. The Kier molecular flexibility index (Phi) is 28.8. The summed E-state index contributed by atoms with van der Waals surface area (Å²) in [5, 5.41) is 8.43. The number of hydrogen-bond donors (Lipinski definition) is 2. The fourth-order valence-electron chi connectivity index (χ4n) is 2.46. The van der Waals surface area contributed by atoms with Gasteiger partial charge in [-0.05, 0) is 12.8 Å². The Bertz CT molecular complexity index is 251. The van der Waals surface area contributed by atoms with Crippen molar-refractivity contribution in [3.63, 3.8) is 0 Å². The van der Waals surface area contributed by atoms with Crippen LogP contribution in [0.15, 0.2) is 12.2 Å². The van der Waals surface area contributed by atoms with Crippen LogP contribution in [0, 0.1) is 0 Å². The largest absolute Gasteiger partial charge is 1.00 e. The molecule has 0 heterocycles. The van der Waals surface area contributed by atoms with E-state index in [1.807, 2.05) is 0 Å². The van der Waals surface area contributed by atoms with Gasteiger partial charge in [0.1, 0.15) is 0 Å². The van der Waals surface area contributed by atoms with E-state index in [-0.39, 0.29) is 37.1 Å². The molecule has 0 aliphatic carbocycles. The Morgan fingerprint density at radius 2 is 1.18 bits per heavy atom. The first-order valence-electron chi connectivity index (χ1n) is 8.67. The van der Waals surface area contributed by atoms with Gasteiger partial charge in [0.2, 0.25) is 0 Å². The fourth-order valence-corrected chi connectivity index (χ4v) is 2.46. The van der Waals surface area contributed by atoms with Gasteiger partial charge in [0.05, 0.1) is 0 Å². The second-order valence-corrected chi connectivity index (χ2v) is 5.77. The summed E-state index contributed by atoms with van der Waals surface area (Å²) < 4.78 is 0. The van der Waals surface area contributed by atoms with Crippen molar-refractivity contribution in [1.82, 2.24) is 6.15 Å². The summed E-state index contributed by atoms with van der Waals surface area (Å²) in [5.74, 6) is -0.834. The molecule has 0 aromatic rings. The molecule has 22 heavy (non-hydrogen) atoms. The van der Waals surface area contributed by atoms with Gasteiger partial charge in [-0.25, -0.2) is 4.79 Å². The summed E-state index contributed by atoms with van der Waals surface area (Å²) in [6, 6.07) is 0. The molecule has 0 spiro atoms. The smallest absolute Gasteiger partial charge is 1.00 e. The molecule has 0 atom stereocenters. The van der Waals surface area contributed by atoms with Crippen molar-refractivity contribution >= 4 is 5.97 Å². The minimum Gasteiger partial charge on any atom is -1.00 e. The van der Waals surface area contributed by atoms with E-state index < -0.39 is 5.97 Å². The number of allylic oxidation sites excluding steroid dienone is 1. The fraction of sp³-hybridized carbons (Fsp3) is 0.833. The van der Waals surface area contributed by atoms with Crippen molar-refractivity contribution in [2.75, 3.05) is 0 Å². The summed E-state index contributed by atoms with van der Waals surface area (Å²) in [4.78, 5) is 10.2. The molecule has 0 bridgehead atoms. The van der Waals surface area contributed by atoms with Crippen LogP contribution in [0.5, 0.6) is 0 Å². The third-order valence-electron chi connectivity index (χ3n) is 3.73. The van der Waals surface area contributed by atoms with Crippen LogP contribution in [0.2, 0.25) is 0 Å². The van der Waals surface area contributed by atoms with Gasteiger partial charge in [-0.3, -0.25) is 0 Å². The minimum absolute atomic E-state index is 0. The van der Waals surface area contributed by atoms with Crippen LogP contribution >= 0.6 is 0 Å². The molecule has 0 saturated carbocycles. The van der Waals surface area contributed by atoms with Crippen molar-refractivity contribution < 1.29 is 40.9 Å². The Morgan fingerprint density at radius 3 is 1.55 bits per heavy atom. The van der Waals surface area contributed by atoms with E-state index in [0.29, 0.717) is 0 Å². The van der Waals surface area contributed by atoms with E-state index in [2.05, 4.69) is 6.92 Å². The number of hydrogen-bond acceptors (Lipinski definition) is 2. The van der Waals surface area contributed by atoms with Crippen LogP contribution < -0.4 is 35.7 Å². The average Bonchev–Trinajstić information content (AvgIpc) is 2.43. The maximum absolute atomic E-state index is 10.2. The van der Waals surface area contributed by atoms with Crippen LogP contribution in [0.4, 0.5) is 0 Å². The predicted molar refractivity (Wildman–Crippen MR) is 93.2 cm³/mol. The Morgan fingerprint density at radius 1 is 0.818 bits per heavy atom. The van der Waals surface area contributed by atoms with Gasteiger partial charge in [0, 0.05) is 6.08 Å². The molecule has 0 amide bonds. The van der Waals surface area contributed by atoms with E-state index >= 15 is 0 Å². The number of unbranched alkanes of at least 4 members (excludes halogenated alkanes) is 13. The molecule has 4 heteroatoms. The van der Waals surface area contributed by atoms with E-state index in [0.717, 1.165) is 12.8 Å². The minimum atomic E-state index is -0.834. The van der Waals surface area contributed by atoms with Crippen molar-refractivity contribution in [2.24, 2.45) is 0 Å². The summed E-state index contributed by atoms with van der Waals surface area (Å²) in [6.07, 6.45) is 21.6. The molecule has 0 rings (SSSR count). The Balaban J connectivity index is -0.000000602. The van der Waals surface area contributed by atoms with Crippen LogP contribution in [0.25, 0.3) is 0 Å². The molecule has 0 fully saturated rings. The first-order chi connectivity index (χ1) is 9.77. The van der Waals surface area contributed by atoms with E-state index in [9.17, 15) is 4.79 Å². The van der Waals surface area contributed by atoms with Gasteiger partial charge in [-0.1, -0.05) is 90.0 Å². The standard InChI is InChI=1S/C18H34O2.H3N.Na.H/c1-2-3-4-5-6-7-8-9-10-11-12-13-14-15-16-17-18(19)20;;;/h16-17H,2-15H2,1H3,(H,19,20);1H3;;/q;;+1;-1. The van der Waals surface area contributed by atoms with Crippen molar-refractivity contribution in [3.8, 4) is 0 Å². The zero-order chi connectivity index (χ0) is 14.9. The number of carboxylic acids is 1. The quantitative estimate of drug-likeness (QED) is 0.276. The molecule has 0 aromatic heterocycles. The molecule has 128 valence electrons. The summed E-state index contributed by atoms with van der Waals surface area (Å²) in [6.45, 7) is 2.27. The van der Waals surface area contributed by atoms with Crippen LogP contribution in [-0.4, -0.2) is 11.1 Å². The maximum atomic E-state index is 10.2. The van der Waals surface area contributed by atoms with Gasteiger partial charge < -0.3 is 12.7 Å². The Labute approximate surface area is 161 Å². The molecule has 0 aliphatic heterocycles. The Hall–Kier alpha value is 0.170. The summed E-state index contributed by atoms with van der Waals surface area (Å²) in [5.41, 5.74) is 0. The van der Waals surface area contributed by atoms with Crippen LogP contribution in [-0.2, 0) is 4.79 Å². The second-order valence-electron chi connectivity index (χ2n) is 5.77. The summed E-state index contributed by atoms with van der Waals surface area (Å²) in [7, 11) is 0. The van der Waals surface area contributed by atoms with Crippen LogP contribution in [0.1, 0.15) is 98.2 Å². The number of carbonyl (C=O) groups is 1. The second kappa shape index (κ2) is 23.4. The molecule has 0 aromatic carbocycles. The molecule has 4 N–H and O–H groups in total. The van der Waals surface area contributed by atoms with Gasteiger partial charge in [0.15, 0.2) is 0 Å². The monoisotopic (exact) mass is 323 g/mol. The van der Waals surface area contributed by atoms with Crippen molar-refractivity contribution in [3.05, 3.63) is 12.2 Å². The normalized spacial score (nSPS) is 10.2. The summed E-state index contributed by atoms with van der Waals surface area (Å²) >= 11 is 0. The van der Waals surface area contributed by atoms with Gasteiger partial charge >= 0.3 is 35.5 Å². The third kappa shape index (κ3) is 25.1.